The molecule has 116 valence electrons. The maximum absolute atomic E-state index is 11.7. The molecule has 5 heteroatoms. The number of esters is 2. The van der Waals surface area contributed by atoms with E-state index in [0.717, 1.165) is 16.7 Å². The lowest BCUT2D eigenvalue weighted by molar-refractivity contribution is -0.142. The summed E-state index contributed by atoms with van der Waals surface area (Å²) in [6.45, 7) is 9.04. The van der Waals surface area contributed by atoms with E-state index in [1.807, 2.05) is 33.8 Å². The van der Waals surface area contributed by atoms with Gasteiger partial charge in [-0.3, -0.25) is 9.59 Å². The molecule has 1 aromatic rings. The van der Waals surface area contributed by atoms with E-state index >= 15 is 0 Å². The van der Waals surface area contributed by atoms with Crippen LogP contribution in [0, 0.1) is 13.8 Å². The minimum absolute atomic E-state index is 0.151. The Morgan fingerprint density at radius 2 is 1.86 bits per heavy atom. The first-order chi connectivity index (χ1) is 9.67. The first kappa shape index (κ1) is 17.5. The molecule has 4 nitrogen and oxygen atoms in total. The summed E-state index contributed by atoms with van der Waals surface area (Å²) in [6, 6.07) is 3.63. The summed E-state index contributed by atoms with van der Waals surface area (Å²) in [7, 11) is 0. The zero-order chi connectivity index (χ0) is 16.2. The third-order valence-electron chi connectivity index (χ3n) is 3.18. The smallest absolute Gasteiger partial charge is 0.308 e. The first-order valence-corrected chi connectivity index (χ1v) is 7.22. The molecule has 0 saturated carbocycles. The van der Waals surface area contributed by atoms with Gasteiger partial charge in [-0.2, -0.15) is 0 Å². The summed E-state index contributed by atoms with van der Waals surface area (Å²) in [4.78, 5) is 23.0. The van der Waals surface area contributed by atoms with Crippen LogP contribution in [0.3, 0.4) is 0 Å². The summed E-state index contributed by atoms with van der Waals surface area (Å²) in [5.41, 5.74) is 2.25. The molecule has 0 aliphatic heterocycles. The molecule has 0 aromatic heterocycles. The monoisotopic (exact) mass is 312 g/mol. The zero-order valence-electron chi connectivity index (χ0n) is 13.1. The average Bonchev–Trinajstić information content (AvgIpc) is 2.25. The Bertz CT molecular complexity index is 549. The van der Waals surface area contributed by atoms with Crippen molar-refractivity contribution in [2.75, 3.05) is 6.07 Å². The number of ether oxygens (including phenoxy) is 2. The molecular weight excluding hydrogens is 292 g/mol. The van der Waals surface area contributed by atoms with Crippen LogP contribution < -0.4 is 4.74 Å². The average molecular weight is 313 g/mol. The first-order valence-electron chi connectivity index (χ1n) is 6.69. The molecule has 1 aromatic carbocycles. The van der Waals surface area contributed by atoms with E-state index in [1.165, 1.54) is 6.92 Å². The van der Waals surface area contributed by atoms with Gasteiger partial charge in [-0.05, 0) is 31.0 Å². The fourth-order valence-corrected chi connectivity index (χ4v) is 2.71. The maximum Gasteiger partial charge on any atom is 0.308 e. The van der Waals surface area contributed by atoms with Crippen LogP contribution in [0.5, 0.6) is 5.75 Å². The molecule has 0 saturated heterocycles. The number of hydrogen-bond acceptors (Lipinski definition) is 4. The van der Waals surface area contributed by atoms with E-state index in [4.69, 9.17) is 21.1 Å². The van der Waals surface area contributed by atoms with E-state index in [9.17, 15) is 9.59 Å². The molecule has 0 aliphatic carbocycles. The normalized spacial score (nSPS) is 11.1. The predicted octanol–water partition coefficient (Wildman–Crippen LogP) is 3.64. The lowest BCUT2D eigenvalue weighted by atomic mass is 9.78. The molecule has 0 radical (unpaired) electrons. The van der Waals surface area contributed by atoms with Crippen LogP contribution in [0.25, 0.3) is 0 Å². The third kappa shape index (κ3) is 4.74. The highest BCUT2D eigenvalue weighted by molar-refractivity contribution is 6.17. The van der Waals surface area contributed by atoms with E-state index in [0.29, 0.717) is 5.75 Å². The van der Waals surface area contributed by atoms with Crippen molar-refractivity contribution in [2.45, 2.75) is 46.5 Å². The minimum atomic E-state index is -0.536. The van der Waals surface area contributed by atoms with Gasteiger partial charge in [0.2, 0.25) is 0 Å². The summed E-state index contributed by atoms with van der Waals surface area (Å²) in [6.07, 6.45) is 0.151. The molecule has 0 bridgehead atoms. The minimum Gasteiger partial charge on any atom is -0.449 e. The van der Waals surface area contributed by atoms with E-state index in [1.54, 1.807) is 6.07 Å². The van der Waals surface area contributed by atoms with Gasteiger partial charge in [0.15, 0.2) is 6.07 Å². The van der Waals surface area contributed by atoms with Crippen LogP contribution in [-0.2, 0) is 19.7 Å². The lowest BCUT2D eigenvalue weighted by Gasteiger charge is -2.28. The summed E-state index contributed by atoms with van der Waals surface area (Å²) < 4.78 is 10.1. The summed E-state index contributed by atoms with van der Waals surface area (Å²) in [5.74, 6) is -0.284. The van der Waals surface area contributed by atoms with Gasteiger partial charge in [0.25, 0.3) is 0 Å². The highest BCUT2D eigenvalue weighted by Crippen LogP contribution is 2.38. The largest absolute Gasteiger partial charge is 0.449 e. The van der Waals surface area contributed by atoms with Crippen LogP contribution in [0.1, 0.15) is 43.9 Å². The SMILES string of the molecule is CC(=O)Oc1cc(C)cc(C)c1C(C)(C)CC(=O)OCCl. The topological polar surface area (TPSA) is 52.6 Å². The number of carbonyl (C=O) groups excluding carboxylic acids is 2. The molecule has 1 rings (SSSR count). The number of halogens is 1. The highest BCUT2D eigenvalue weighted by Gasteiger charge is 2.30. The van der Waals surface area contributed by atoms with Crippen LogP contribution in [0.2, 0.25) is 0 Å². The van der Waals surface area contributed by atoms with Crippen molar-refractivity contribution in [1.29, 1.82) is 0 Å². The van der Waals surface area contributed by atoms with Crippen molar-refractivity contribution in [3.63, 3.8) is 0 Å². The molecule has 0 N–H and O–H groups in total. The molecule has 0 fully saturated rings. The van der Waals surface area contributed by atoms with Crippen molar-refractivity contribution in [2.24, 2.45) is 0 Å². The highest BCUT2D eigenvalue weighted by atomic mass is 35.5. The van der Waals surface area contributed by atoms with Gasteiger partial charge < -0.3 is 9.47 Å². The van der Waals surface area contributed by atoms with Gasteiger partial charge >= 0.3 is 11.9 Å². The third-order valence-corrected chi connectivity index (χ3v) is 3.29. The summed E-state index contributed by atoms with van der Waals surface area (Å²) in [5, 5.41) is 0. The number of benzene rings is 1. The fraction of sp³-hybridized carbons (Fsp3) is 0.500. The van der Waals surface area contributed by atoms with Crippen LogP contribution >= 0.6 is 11.6 Å². The molecule has 0 amide bonds. The number of aryl methyl sites for hydroxylation is 2. The number of alkyl halides is 1. The van der Waals surface area contributed by atoms with Crippen molar-refractivity contribution in [3.8, 4) is 5.75 Å². The molecular formula is C16H21ClO4. The Kier molecular flexibility index (Phi) is 5.78. The van der Waals surface area contributed by atoms with Gasteiger partial charge in [0.05, 0.1) is 6.42 Å². The van der Waals surface area contributed by atoms with Crippen LogP contribution in [0.15, 0.2) is 12.1 Å². The Labute approximate surface area is 130 Å². The second-order valence-corrected chi connectivity index (χ2v) is 5.95. The number of carbonyl (C=O) groups is 2. The zero-order valence-corrected chi connectivity index (χ0v) is 13.8. The van der Waals surface area contributed by atoms with Gasteiger partial charge in [0, 0.05) is 17.9 Å². The molecule has 21 heavy (non-hydrogen) atoms. The number of hydrogen-bond donors (Lipinski definition) is 0. The molecule has 0 spiro atoms. The lowest BCUT2D eigenvalue weighted by Crippen LogP contribution is -2.25. The Morgan fingerprint density at radius 3 is 2.38 bits per heavy atom. The maximum atomic E-state index is 11.7. The van der Waals surface area contributed by atoms with Gasteiger partial charge in [-0.15, -0.1) is 0 Å². The Morgan fingerprint density at radius 1 is 1.24 bits per heavy atom. The molecule has 0 atom stereocenters. The second kappa shape index (κ2) is 6.94. The van der Waals surface area contributed by atoms with E-state index in [2.05, 4.69) is 0 Å². The Balaban J connectivity index is 3.25. The molecule has 0 aliphatic rings. The standard InChI is InChI=1S/C16H21ClO4/c1-10-6-11(2)15(13(7-10)21-12(3)18)16(4,5)8-14(19)20-9-17/h6-7H,8-9H2,1-5H3. The fourth-order valence-electron chi connectivity index (χ4n) is 2.59. The van der Waals surface area contributed by atoms with Gasteiger partial charge in [-0.25, -0.2) is 0 Å². The number of rotatable bonds is 5. The quantitative estimate of drug-likeness (QED) is 0.473. The van der Waals surface area contributed by atoms with Crippen molar-refractivity contribution in [1.82, 2.24) is 0 Å². The van der Waals surface area contributed by atoms with Crippen molar-refractivity contribution in [3.05, 3.63) is 28.8 Å². The summed E-state index contributed by atoms with van der Waals surface area (Å²) >= 11 is 5.41. The van der Waals surface area contributed by atoms with Crippen LogP contribution in [-0.4, -0.2) is 18.0 Å². The van der Waals surface area contributed by atoms with E-state index < -0.39 is 5.41 Å². The predicted molar refractivity (Wildman–Crippen MR) is 81.7 cm³/mol. The van der Waals surface area contributed by atoms with Crippen molar-refractivity contribution < 1.29 is 19.1 Å². The Hall–Kier alpha value is -1.55. The molecule has 0 unspecified atom stereocenters. The molecule has 0 heterocycles. The van der Waals surface area contributed by atoms with E-state index in [-0.39, 0.29) is 24.4 Å². The van der Waals surface area contributed by atoms with Crippen LogP contribution in [0.4, 0.5) is 0 Å². The van der Waals surface area contributed by atoms with Gasteiger partial charge in [-0.1, -0.05) is 31.5 Å². The second-order valence-electron chi connectivity index (χ2n) is 5.73. The van der Waals surface area contributed by atoms with Crippen molar-refractivity contribution >= 4 is 23.5 Å². The van der Waals surface area contributed by atoms with Gasteiger partial charge in [0.1, 0.15) is 5.75 Å².